The van der Waals surface area contributed by atoms with Crippen molar-refractivity contribution in [2.75, 3.05) is 19.7 Å². The minimum absolute atomic E-state index is 0.262. The highest BCUT2D eigenvalue weighted by Gasteiger charge is 2.25. The van der Waals surface area contributed by atoms with Gasteiger partial charge in [0, 0.05) is 27.1 Å². The van der Waals surface area contributed by atoms with Crippen molar-refractivity contribution in [2.45, 2.75) is 19.4 Å². The maximum Gasteiger partial charge on any atom is 0.327 e. The van der Waals surface area contributed by atoms with E-state index in [-0.39, 0.29) is 6.61 Å². The Morgan fingerprint density at radius 2 is 2.14 bits per heavy atom. The van der Waals surface area contributed by atoms with Gasteiger partial charge in [0.1, 0.15) is 6.04 Å². The fourth-order valence-corrected chi connectivity index (χ4v) is 2.37. The second-order valence-corrected chi connectivity index (χ2v) is 4.90. The largest absolute Gasteiger partial charge is 0.465 e. The molecule has 0 aliphatic carbocycles. The van der Waals surface area contributed by atoms with E-state index in [1.807, 2.05) is 0 Å². The van der Waals surface area contributed by atoms with Crippen LogP contribution in [0, 0.1) is 0 Å². The van der Waals surface area contributed by atoms with E-state index >= 15 is 0 Å². The number of nitrogens with one attached hydrogen (secondary N) is 1. The van der Waals surface area contributed by atoms with Crippen LogP contribution in [0.2, 0.25) is 10.0 Å². The van der Waals surface area contributed by atoms with E-state index in [1.165, 1.54) is 0 Å². The van der Waals surface area contributed by atoms with E-state index < -0.39 is 12.0 Å². The average Bonchev–Trinajstić information content (AvgIpc) is 2.45. The maximum absolute atomic E-state index is 12.1. The second kappa shape index (κ2) is 9.47. The Kier molecular flexibility index (Phi) is 7.93. The Morgan fingerprint density at radius 1 is 1.48 bits per heavy atom. The highest BCUT2D eigenvalue weighted by Crippen LogP contribution is 2.31. The first-order valence-electron chi connectivity index (χ1n) is 6.46. The van der Waals surface area contributed by atoms with E-state index in [4.69, 9.17) is 33.5 Å². The van der Waals surface area contributed by atoms with Crippen molar-refractivity contribution in [3.8, 4) is 0 Å². The van der Waals surface area contributed by atoms with Crippen LogP contribution in [0.4, 0.5) is 0 Å². The molecule has 8 heteroatoms. The Morgan fingerprint density at radius 3 is 2.71 bits per heavy atom. The maximum atomic E-state index is 12.1. The van der Waals surface area contributed by atoms with E-state index in [2.05, 4.69) is 15.3 Å². The monoisotopic (exact) mass is 330 g/mol. The lowest BCUT2D eigenvalue weighted by Crippen LogP contribution is -2.31. The second-order valence-electron chi connectivity index (χ2n) is 4.08. The zero-order valence-corrected chi connectivity index (χ0v) is 13.1. The summed E-state index contributed by atoms with van der Waals surface area (Å²) >= 11 is 12.3. The van der Waals surface area contributed by atoms with Crippen molar-refractivity contribution in [1.82, 2.24) is 5.32 Å². The van der Waals surface area contributed by atoms with Crippen LogP contribution in [0.25, 0.3) is 10.4 Å². The number of carbonyl (C=O) groups excluding carboxylic acids is 1. The summed E-state index contributed by atoms with van der Waals surface area (Å²) in [5.74, 6) is -0.448. The summed E-state index contributed by atoms with van der Waals surface area (Å²) in [5.41, 5.74) is 8.70. The molecule has 0 saturated carbocycles. The number of nitrogens with zero attached hydrogens (tertiary/aromatic N) is 3. The molecule has 114 valence electrons. The van der Waals surface area contributed by atoms with Crippen LogP contribution in [0.3, 0.4) is 0 Å². The van der Waals surface area contributed by atoms with Gasteiger partial charge >= 0.3 is 5.97 Å². The van der Waals surface area contributed by atoms with Gasteiger partial charge < -0.3 is 10.1 Å². The van der Waals surface area contributed by atoms with Crippen molar-refractivity contribution in [2.24, 2.45) is 5.11 Å². The molecule has 0 aliphatic rings. The average molecular weight is 331 g/mol. The van der Waals surface area contributed by atoms with Gasteiger partial charge in [-0.3, -0.25) is 0 Å². The molecule has 0 saturated heterocycles. The van der Waals surface area contributed by atoms with Crippen LogP contribution in [0.15, 0.2) is 23.3 Å². The van der Waals surface area contributed by atoms with Gasteiger partial charge in [-0.15, -0.1) is 0 Å². The number of ether oxygens (including phenoxy) is 1. The highest BCUT2D eigenvalue weighted by atomic mass is 35.5. The molecule has 1 aromatic rings. The van der Waals surface area contributed by atoms with Crippen LogP contribution in [0.1, 0.15) is 24.9 Å². The predicted molar refractivity (Wildman–Crippen MR) is 82.5 cm³/mol. The normalized spacial score (nSPS) is 11.6. The summed E-state index contributed by atoms with van der Waals surface area (Å²) in [6.45, 7) is 2.79. The summed E-state index contributed by atoms with van der Waals surface area (Å²) in [6.07, 6.45) is 0.585. The highest BCUT2D eigenvalue weighted by molar-refractivity contribution is 6.36. The van der Waals surface area contributed by atoms with Crippen LogP contribution in [-0.2, 0) is 9.53 Å². The number of esters is 1. The number of rotatable bonds is 8. The molecule has 0 spiro atoms. The molecule has 6 nitrogen and oxygen atoms in total. The van der Waals surface area contributed by atoms with Crippen molar-refractivity contribution in [3.05, 3.63) is 44.3 Å². The van der Waals surface area contributed by atoms with Gasteiger partial charge in [0.15, 0.2) is 0 Å². The van der Waals surface area contributed by atoms with Gasteiger partial charge in [-0.05, 0) is 37.6 Å². The van der Waals surface area contributed by atoms with Gasteiger partial charge in [-0.1, -0.05) is 34.4 Å². The van der Waals surface area contributed by atoms with Crippen LogP contribution < -0.4 is 5.32 Å². The molecular formula is C13H16Cl2N4O2. The number of carbonyl (C=O) groups is 1. The SMILES string of the molecule is CCOC(=O)C(NCCCN=[N+]=[N-])c1c(Cl)cccc1Cl. The van der Waals surface area contributed by atoms with Crippen molar-refractivity contribution >= 4 is 29.2 Å². The Labute approximate surface area is 133 Å². The fraction of sp³-hybridized carbons (Fsp3) is 0.462. The van der Waals surface area contributed by atoms with Gasteiger partial charge in [0.05, 0.1) is 6.61 Å². The topological polar surface area (TPSA) is 87.1 Å². The molecule has 1 atom stereocenters. The first-order valence-corrected chi connectivity index (χ1v) is 7.22. The summed E-state index contributed by atoms with van der Waals surface area (Å²) in [6, 6.07) is 4.28. The Bertz CT molecular complexity index is 513. The smallest absolute Gasteiger partial charge is 0.327 e. The Balaban J connectivity index is 2.86. The van der Waals surface area contributed by atoms with Gasteiger partial charge in [0.25, 0.3) is 0 Å². The van der Waals surface area contributed by atoms with Gasteiger partial charge in [-0.2, -0.15) is 0 Å². The third kappa shape index (κ3) is 5.44. The number of azide groups is 1. The lowest BCUT2D eigenvalue weighted by molar-refractivity contribution is -0.145. The third-order valence-corrected chi connectivity index (χ3v) is 3.32. The van der Waals surface area contributed by atoms with Crippen LogP contribution >= 0.6 is 23.2 Å². The first-order chi connectivity index (χ1) is 10.1. The number of benzene rings is 1. The summed E-state index contributed by atoms with van der Waals surface area (Å²) < 4.78 is 5.05. The number of halogens is 2. The molecule has 0 bridgehead atoms. The lowest BCUT2D eigenvalue weighted by Gasteiger charge is -2.19. The third-order valence-electron chi connectivity index (χ3n) is 2.66. The van der Waals surface area contributed by atoms with Crippen LogP contribution in [0.5, 0.6) is 0 Å². The van der Waals surface area contributed by atoms with E-state index in [1.54, 1.807) is 25.1 Å². The standard InChI is InChI=1S/C13H16Cl2N4O2/c1-2-21-13(20)12(17-7-4-8-18-19-16)11-9(14)5-3-6-10(11)15/h3,5-6,12,17H,2,4,7-8H2,1H3. The molecule has 0 heterocycles. The zero-order chi connectivity index (χ0) is 15.7. The van der Waals surface area contributed by atoms with Gasteiger partial charge in [-0.25, -0.2) is 4.79 Å². The zero-order valence-electron chi connectivity index (χ0n) is 11.6. The molecule has 1 unspecified atom stereocenters. The number of hydrogen-bond acceptors (Lipinski definition) is 4. The van der Waals surface area contributed by atoms with E-state index in [0.29, 0.717) is 35.1 Å². The summed E-state index contributed by atoms with van der Waals surface area (Å²) in [4.78, 5) is 14.8. The molecule has 0 amide bonds. The molecule has 1 N–H and O–H groups in total. The minimum Gasteiger partial charge on any atom is -0.465 e. The first kappa shape index (κ1) is 17.6. The molecular weight excluding hydrogens is 315 g/mol. The van der Waals surface area contributed by atoms with E-state index in [9.17, 15) is 4.79 Å². The van der Waals surface area contributed by atoms with E-state index in [0.717, 1.165) is 0 Å². The van der Waals surface area contributed by atoms with Gasteiger partial charge in [0.2, 0.25) is 0 Å². The van der Waals surface area contributed by atoms with Crippen LogP contribution in [-0.4, -0.2) is 25.7 Å². The molecule has 1 aromatic carbocycles. The lowest BCUT2D eigenvalue weighted by atomic mass is 10.1. The molecule has 0 radical (unpaired) electrons. The minimum atomic E-state index is -0.753. The fourth-order valence-electron chi connectivity index (χ4n) is 1.76. The van der Waals surface area contributed by atoms with Crippen molar-refractivity contribution in [1.29, 1.82) is 0 Å². The number of hydrogen-bond donors (Lipinski definition) is 1. The molecule has 21 heavy (non-hydrogen) atoms. The molecule has 0 aromatic heterocycles. The molecule has 0 fully saturated rings. The Hall–Kier alpha value is -1.46. The quantitative estimate of drug-likeness (QED) is 0.258. The predicted octanol–water partition coefficient (Wildman–Crippen LogP) is 3.89. The summed E-state index contributed by atoms with van der Waals surface area (Å²) in [7, 11) is 0. The molecule has 1 rings (SSSR count). The van der Waals surface area contributed by atoms with Crippen molar-refractivity contribution in [3.63, 3.8) is 0 Å². The summed E-state index contributed by atoms with van der Waals surface area (Å²) in [5, 5.41) is 7.25. The molecule has 0 aliphatic heterocycles. The van der Waals surface area contributed by atoms with Crippen molar-refractivity contribution < 1.29 is 9.53 Å².